The van der Waals surface area contributed by atoms with Crippen LogP contribution in [0, 0.1) is 5.92 Å². The van der Waals surface area contributed by atoms with E-state index in [1.165, 1.54) is 25.7 Å². The van der Waals surface area contributed by atoms with E-state index in [0.29, 0.717) is 6.04 Å². The fourth-order valence-electron chi connectivity index (χ4n) is 3.28. The second-order valence-electron chi connectivity index (χ2n) is 5.79. The Morgan fingerprint density at radius 2 is 1.95 bits per heavy atom. The third-order valence-electron chi connectivity index (χ3n) is 4.47. The number of anilines is 1. The maximum Gasteiger partial charge on any atom is 0.323 e. The van der Waals surface area contributed by atoms with E-state index in [0.717, 1.165) is 24.4 Å². The molecule has 110 valence electrons. The van der Waals surface area contributed by atoms with Gasteiger partial charge in [-0.25, -0.2) is 0 Å². The van der Waals surface area contributed by atoms with E-state index in [4.69, 9.17) is 0 Å². The zero-order valence-electron chi connectivity index (χ0n) is 12.3. The lowest BCUT2D eigenvalue weighted by Gasteiger charge is -2.32. The van der Waals surface area contributed by atoms with Gasteiger partial charge in [0, 0.05) is 11.7 Å². The number of aliphatic carboxylic acids is 1. The molecule has 1 aliphatic carbocycles. The Hall–Kier alpha value is -1.51. The molecule has 0 radical (unpaired) electrons. The van der Waals surface area contributed by atoms with Gasteiger partial charge in [-0.1, -0.05) is 44.4 Å². The van der Waals surface area contributed by atoms with Crippen LogP contribution < -0.4 is 4.90 Å². The van der Waals surface area contributed by atoms with Gasteiger partial charge in [0.15, 0.2) is 0 Å². The number of carboxylic acids is 1. The molecule has 20 heavy (non-hydrogen) atoms. The first-order valence-electron chi connectivity index (χ1n) is 7.74. The molecule has 3 heteroatoms. The Labute approximate surface area is 121 Å². The number of hydrogen-bond acceptors (Lipinski definition) is 2. The van der Waals surface area contributed by atoms with Crippen LogP contribution in [0.5, 0.6) is 0 Å². The molecule has 1 aromatic rings. The van der Waals surface area contributed by atoms with E-state index in [-0.39, 0.29) is 6.54 Å². The molecule has 0 bridgehead atoms. The zero-order valence-corrected chi connectivity index (χ0v) is 12.3. The van der Waals surface area contributed by atoms with Crippen molar-refractivity contribution in [2.45, 2.75) is 51.5 Å². The highest BCUT2D eigenvalue weighted by molar-refractivity contribution is 5.74. The van der Waals surface area contributed by atoms with Crippen molar-refractivity contribution < 1.29 is 9.90 Å². The van der Waals surface area contributed by atoms with E-state index in [1.54, 1.807) is 0 Å². The molecule has 2 unspecified atom stereocenters. The number of carbonyl (C=O) groups is 1. The standard InChI is InChI=1S/C17H25NO2/c1-2-14-7-6-10-16(12-11-14)18(13-17(19)20)15-8-4-3-5-9-15/h3-5,8-9,14,16H,2,6-7,10-13H2,1H3,(H,19,20). The van der Waals surface area contributed by atoms with Crippen molar-refractivity contribution in [3.05, 3.63) is 30.3 Å². The van der Waals surface area contributed by atoms with Crippen LogP contribution in [0.25, 0.3) is 0 Å². The first-order valence-corrected chi connectivity index (χ1v) is 7.74. The van der Waals surface area contributed by atoms with Gasteiger partial charge >= 0.3 is 5.97 Å². The number of hydrogen-bond donors (Lipinski definition) is 1. The summed E-state index contributed by atoms with van der Waals surface area (Å²) in [5.41, 5.74) is 1.04. The van der Waals surface area contributed by atoms with Crippen LogP contribution in [0.15, 0.2) is 30.3 Å². The molecule has 0 heterocycles. The van der Waals surface area contributed by atoms with Crippen molar-refractivity contribution >= 4 is 11.7 Å². The quantitative estimate of drug-likeness (QED) is 0.828. The minimum absolute atomic E-state index is 0.103. The van der Waals surface area contributed by atoms with Crippen molar-refractivity contribution in [1.82, 2.24) is 0 Å². The first-order chi connectivity index (χ1) is 9.70. The fourth-order valence-corrected chi connectivity index (χ4v) is 3.28. The van der Waals surface area contributed by atoms with Crippen LogP contribution in [0.4, 0.5) is 5.69 Å². The number of benzene rings is 1. The summed E-state index contributed by atoms with van der Waals surface area (Å²) in [5.74, 6) is 0.0765. The molecule has 0 spiro atoms. The molecule has 0 aromatic heterocycles. The Kier molecular flexibility index (Phi) is 5.45. The van der Waals surface area contributed by atoms with Gasteiger partial charge in [0.05, 0.1) is 0 Å². The van der Waals surface area contributed by atoms with Crippen LogP contribution in [0.1, 0.15) is 45.4 Å². The second-order valence-corrected chi connectivity index (χ2v) is 5.79. The minimum Gasteiger partial charge on any atom is -0.480 e. The molecule has 3 nitrogen and oxygen atoms in total. The van der Waals surface area contributed by atoms with Crippen molar-refractivity contribution in [1.29, 1.82) is 0 Å². The van der Waals surface area contributed by atoms with E-state index >= 15 is 0 Å². The Morgan fingerprint density at radius 1 is 1.20 bits per heavy atom. The van der Waals surface area contributed by atoms with Gasteiger partial charge in [-0.15, -0.1) is 0 Å². The van der Waals surface area contributed by atoms with Gasteiger partial charge in [-0.2, -0.15) is 0 Å². The molecular weight excluding hydrogens is 250 g/mol. The van der Waals surface area contributed by atoms with E-state index in [1.807, 2.05) is 30.3 Å². The summed E-state index contributed by atoms with van der Waals surface area (Å²) in [6.45, 7) is 2.36. The SMILES string of the molecule is CCC1CCCC(N(CC(=O)O)c2ccccc2)CC1. The molecule has 1 aliphatic rings. The highest BCUT2D eigenvalue weighted by Gasteiger charge is 2.24. The van der Waals surface area contributed by atoms with Gasteiger partial charge < -0.3 is 10.0 Å². The first kappa shape index (κ1) is 14.9. The lowest BCUT2D eigenvalue weighted by atomic mass is 9.97. The smallest absolute Gasteiger partial charge is 0.323 e. The van der Waals surface area contributed by atoms with E-state index in [9.17, 15) is 9.90 Å². The normalized spacial score (nSPS) is 23.1. The topological polar surface area (TPSA) is 40.5 Å². The number of nitrogens with zero attached hydrogens (tertiary/aromatic N) is 1. The van der Waals surface area contributed by atoms with Crippen LogP contribution in [-0.4, -0.2) is 23.7 Å². The van der Waals surface area contributed by atoms with Crippen LogP contribution in [0.2, 0.25) is 0 Å². The molecule has 1 aromatic carbocycles. The summed E-state index contributed by atoms with van der Waals surface area (Å²) in [6.07, 6.45) is 7.20. The summed E-state index contributed by atoms with van der Waals surface area (Å²) < 4.78 is 0. The molecule has 1 saturated carbocycles. The van der Waals surface area contributed by atoms with Crippen LogP contribution in [0.3, 0.4) is 0 Å². The predicted molar refractivity (Wildman–Crippen MR) is 82.1 cm³/mol. The number of carboxylic acid groups (broad SMARTS) is 1. The van der Waals surface area contributed by atoms with E-state index < -0.39 is 5.97 Å². The average Bonchev–Trinajstić information content (AvgIpc) is 2.71. The Balaban J connectivity index is 2.12. The maximum atomic E-state index is 11.2. The van der Waals surface area contributed by atoms with E-state index in [2.05, 4.69) is 11.8 Å². The monoisotopic (exact) mass is 275 g/mol. The molecule has 1 N–H and O–H groups in total. The fraction of sp³-hybridized carbons (Fsp3) is 0.588. The van der Waals surface area contributed by atoms with Crippen molar-refractivity contribution in [3.63, 3.8) is 0 Å². The van der Waals surface area contributed by atoms with Gasteiger partial charge in [-0.3, -0.25) is 4.79 Å². The summed E-state index contributed by atoms with van der Waals surface area (Å²) >= 11 is 0. The highest BCUT2D eigenvalue weighted by Crippen LogP contribution is 2.30. The second kappa shape index (κ2) is 7.32. The molecule has 0 amide bonds. The van der Waals surface area contributed by atoms with Gasteiger partial charge in [-0.05, 0) is 37.3 Å². The van der Waals surface area contributed by atoms with Gasteiger partial charge in [0.1, 0.15) is 6.54 Å². The predicted octanol–water partition coefficient (Wildman–Crippen LogP) is 3.94. The summed E-state index contributed by atoms with van der Waals surface area (Å²) in [5, 5.41) is 9.20. The van der Waals surface area contributed by atoms with Crippen molar-refractivity contribution in [3.8, 4) is 0 Å². The average molecular weight is 275 g/mol. The summed E-state index contributed by atoms with van der Waals surface area (Å²) in [7, 11) is 0. The molecular formula is C17H25NO2. The Morgan fingerprint density at radius 3 is 2.60 bits per heavy atom. The lowest BCUT2D eigenvalue weighted by Crippen LogP contribution is -2.39. The minimum atomic E-state index is -0.745. The summed E-state index contributed by atoms with van der Waals surface area (Å²) in [6, 6.07) is 10.3. The Bertz CT molecular complexity index is 418. The third-order valence-corrected chi connectivity index (χ3v) is 4.47. The molecule has 2 rings (SSSR count). The van der Waals surface area contributed by atoms with Crippen molar-refractivity contribution in [2.75, 3.05) is 11.4 Å². The summed E-state index contributed by atoms with van der Waals surface area (Å²) in [4.78, 5) is 13.3. The van der Waals surface area contributed by atoms with Crippen molar-refractivity contribution in [2.24, 2.45) is 5.92 Å². The molecule has 0 aliphatic heterocycles. The van der Waals surface area contributed by atoms with Gasteiger partial charge in [0.25, 0.3) is 0 Å². The van der Waals surface area contributed by atoms with Gasteiger partial charge in [0.2, 0.25) is 0 Å². The molecule has 2 atom stereocenters. The third kappa shape index (κ3) is 3.99. The highest BCUT2D eigenvalue weighted by atomic mass is 16.4. The lowest BCUT2D eigenvalue weighted by molar-refractivity contribution is -0.135. The molecule has 1 fully saturated rings. The zero-order chi connectivity index (χ0) is 14.4. The largest absolute Gasteiger partial charge is 0.480 e. The van der Waals surface area contributed by atoms with Crippen LogP contribution in [-0.2, 0) is 4.79 Å². The number of rotatable bonds is 5. The van der Waals surface area contributed by atoms with Crippen LogP contribution >= 0.6 is 0 Å². The maximum absolute atomic E-state index is 11.2. The number of para-hydroxylation sites is 1. The molecule has 0 saturated heterocycles.